The highest BCUT2D eigenvalue weighted by atomic mass is 19.1. The van der Waals surface area contributed by atoms with E-state index in [1.165, 1.54) is 0 Å². The highest BCUT2D eigenvalue weighted by Gasteiger charge is 2.30. The van der Waals surface area contributed by atoms with Gasteiger partial charge in [0.2, 0.25) is 0 Å². The molecule has 0 aliphatic carbocycles. The Bertz CT molecular complexity index is 1030. The van der Waals surface area contributed by atoms with Crippen molar-refractivity contribution in [3.8, 4) is 5.75 Å². The molecule has 10 nitrogen and oxygen atoms in total. The van der Waals surface area contributed by atoms with Gasteiger partial charge < -0.3 is 29.9 Å². The van der Waals surface area contributed by atoms with Gasteiger partial charge in [0.05, 0.1) is 5.56 Å². The molecule has 2 unspecified atom stereocenters. The molecule has 1 aliphatic heterocycles. The zero-order valence-corrected chi connectivity index (χ0v) is 19.7. The number of carbonyl (C=O) groups is 3. The maximum atomic E-state index is 14.3. The summed E-state index contributed by atoms with van der Waals surface area (Å²) in [7, 11) is 0. The summed E-state index contributed by atoms with van der Waals surface area (Å²) in [4.78, 5) is 37.0. The summed E-state index contributed by atoms with van der Waals surface area (Å²) in [5, 5.41) is 18.8. The molecule has 2 atom stereocenters. The predicted molar refractivity (Wildman–Crippen MR) is 123 cm³/mol. The number of piperazine rings is 1. The normalized spacial score (nSPS) is 17.2. The quantitative estimate of drug-likeness (QED) is 0.483. The average Bonchev–Trinajstić information content (AvgIpc) is 2.82. The number of amides is 1. The molecule has 0 spiro atoms. The number of rotatable bonds is 7. The van der Waals surface area contributed by atoms with Gasteiger partial charge in [0.1, 0.15) is 30.6 Å². The first-order valence-corrected chi connectivity index (χ1v) is 10.9. The highest BCUT2D eigenvalue weighted by molar-refractivity contribution is 5.89. The number of carboxylic acid groups (broad SMARTS) is 2. The first-order valence-electron chi connectivity index (χ1n) is 10.9. The third-order valence-electron chi connectivity index (χ3n) is 4.99. The second-order valence-corrected chi connectivity index (χ2v) is 7.84. The van der Waals surface area contributed by atoms with Gasteiger partial charge in [0.25, 0.3) is 0 Å². The summed E-state index contributed by atoms with van der Waals surface area (Å²) >= 11 is 0. The topological polar surface area (TPSA) is 138 Å². The van der Waals surface area contributed by atoms with E-state index in [4.69, 9.17) is 19.7 Å². The fourth-order valence-corrected chi connectivity index (χ4v) is 3.29. The van der Waals surface area contributed by atoms with Crippen molar-refractivity contribution in [1.29, 1.82) is 0 Å². The van der Waals surface area contributed by atoms with Crippen LogP contribution < -0.4 is 10.1 Å². The van der Waals surface area contributed by atoms with Gasteiger partial charge in [-0.05, 0) is 19.9 Å². The lowest BCUT2D eigenvalue weighted by Crippen LogP contribution is -2.57. The summed E-state index contributed by atoms with van der Waals surface area (Å²) in [6, 6.07) is 5.59. The van der Waals surface area contributed by atoms with Crippen LogP contribution in [-0.4, -0.2) is 63.3 Å². The Morgan fingerprint density at radius 1 is 1.08 bits per heavy atom. The molecule has 1 aliphatic rings. The third kappa shape index (κ3) is 8.95. The Balaban J connectivity index is 0.000000493. The van der Waals surface area contributed by atoms with E-state index in [0.29, 0.717) is 25.2 Å². The number of carbonyl (C=O) groups excluding carboxylic acids is 1. The first-order chi connectivity index (χ1) is 17.1. The lowest BCUT2D eigenvalue weighted by Gasteiger charge is -2.38. The van der Waals surface area contributed by atoms with E-state index in [1.807, 2.05) is 13.8 Å². The Hall–Kier alpha value is -4.06. The first kappa shape index (κ1) is 28.2. The molecule has 36 heavy (non-hydrogen) atoms. The van der Waals surface area contributed by atoms with Crippen molar-refractivity contribution in [3.63, 3.8) is 0 Å². The van der Waals surface area contributed by atoms with Gasteiger partial charge in [-0.1, -0.05) is 6.07 Å². The molecule has 2 heterocycles. The summed E-state index contributed by atoms with van der Waals surface area (Å²) < 4.78 is 39.3. The minimum Gasteiger partial charge on any atom is -0.489 e. The molecule has 0 saturated carbocycles. The van der Waals surface area contributed by atoms with Crippen LogP contribution >= 0.6 is 0 Å². The van der Waals surface area contributed by atoms with Gasteiger partial charge in [0.15, 0.2) is 0 Å². The van der Waals surface area contributed by atoms with Gasteiger partial charge in [-0.2, -0.15) is 0 Å². The maximum absolute atomic E-state index is 14.3. The number of hydrogen-bond acceptors (Lipinski definition) is 7. The Labute approximate surface area is 206 Å². The fourth-order valence-electron chi connectivity index (χ4n) is 3.29. The van der Waals surface area contributed by atoms with E-state index >= 15 is 0 Å². The molecule has 0 bridgehead atoms. The molecule has 194 valence electrons. The molecular weight excluding hydrogens is 480 g/mol. The van der Waals surface area contributed by atoms with Crippen LogP contribution in [-0.2, 0) is 27.5 Å². The van der Waals surface area contributed by atoms with Crippen molar-refractivity contribution in [1.82, 2.24) is 15.2 Å². The monoisotopic (exact) mass is 507 g/mol. The number of halogens is 2. The van der Waals surface area contributed by atoms with Crippen LogP contribution in [0.1, 0.15) is 25.0 Å². The SMILES string of the molecule is CC1CNCC(C)N1C(=O)OCc1c(F)cc(OCc2cccnc2)cc1F.O=C(O)C=CC(=O)O. The number of nitrogens with zero attached hydrogens (tertiary/aromatic N) is 2. The summed E-state index contributed by atoms with van der Waals surface area (Å²) in [6.45, 7) is 4.72. The van der Waals surface area contributed by atoms with Crippen molar-refractivity contribution >= 4 is 18.0 Å². The number of aliphatic carboxylic acids is 2. The molecule has 1 amide bonds. The van der Waals surface area contributed by atoms with Crippen LogP contribution in [0.3, 0.4) is 0 Å². The molecule has 1 saturated heterocycles. The van der Waals surface area contributed by atoms with Crippen molar-refractivity contribution < 1.29 is 42.9 Å². The van der Waals surface area contributed by atoms with Gasteiger partial charge in [-0.3, -0.25) is 4.98 Å². The molecule has 0 radical (unpaired) electrons. The molecule has 3 rings (SSSR count). The molecule has 3 N–H and O–H groups in total. The molecule has 1 fully saturated rings. The summed E-state index contributed by atoms with van der Waals surface area (Å²) in [6.07, 6.45) is 3.77. The predicted octanol–water partition coefficient (Wildman–Crippen LogP) is 2.97. The van der Waals surface area contributed by atoms with Crippen molar-refractivity contribution in [2.24, 2.45) is 0 Å². The van der Waals surface area contributed by atoms with Gasteiger partial charge in [-0.25, -0.2) is 23.2 Å². The standard InChI is InChI=1S/C20H23F2N3O3.C4H4O4/c1-13-8-24-9-14(2)25(13)20(26)28-12-17-18(21)6-16(7-19(17)22)27-11-15-4-3-5-23-10-15;5-3(6)1-2-4(7)8/h3-7,10,13-14,24H,8-9,11-12H2,1-2H3;1-2H,(H,5,6)(H,7,8). The van der Waals surface area contributed by atoms with Crippen LogP contribution in [0, 0.1) is 11.6 Å². The number of nitrogens with one attached hydrogen (secondary N) is 1. The van der Waals surface area contributed by atoms with Crippen molar-refractivity contribution in [3.05, 3.63) is 71.6 Å². The van der Waals surface area contributed by atoms with Crippen molar-refractivity contribution in [2.75, 3.05) is 13.1 Å². The fraction of sp³-hybridized carbons (Fsp3) is 0.333. The van der Waals surface area contributed by atoms with E-state index in [9.17, 15) is 23.2 Å². The summed E-state index contributed by atoms with van der Waals surface area (Å²) in [5.74, 6) is -4.11. The largest absolute Gasteiger partial charge is 0.489 e. The lowest BCUT2D eigenvalue weighted by molar-refractivity contribution is -0.134. The molecule has 2 aromatic rings. The second-order valence-electron chi connectivity index (χ2n) is 7.84. The van der Waals surface area contributed by atoms with Gasteiger partial charge in [-0.15, -0.1) is 0 Å². The molecule has 1 aromatic carbocycles. The van der Waals surface area contributed by atoms with Crippen molar-refractivity contribution in [2.45, 2.75) is 39.1 Å². The van der Waals surface area contributed by atoms with Crippen LogP contribution in [0.2, 0.25) is 0 Å². The lowest BCUT2D eigenvalue weighted by atomic mass is 10.1. The third-order valence-corrected chi connectivity index (χ3v) is 4.99. The number of hydrogen-bond donors (Lipinski definition) is 3. The average molecular weight is 507 g/mol. The number of ether oxygens (including phenoxy) is 2. The van der Waals surface area contributed by atoms with Gasteiger partial charge in [0, 0.05) is 67.4 Å². The Kier molecular flexibility index (Phi) is 10.7. The smallest absolute Gasteiger partial charge is 0.410 e. The van der Waals surface area contributed by atoms with E-state index in [-0.39, 0.29) is 30.0 Å². The van der Waals surface area contributed by atoms with Gasteiger partial charge >= 0.3 is 18.0 Å². The minimum absolute atomic E-state index is 0.0540. The maximum Gasteiger partial charge on any atom is 0.410 e. The highest BCUT2D eigenvalue weighted by Crippen LogP contribution is 2.23. The molecule has 12 heteroatoms. The Morgan fingerprint density at radius 3 is 2.17 bits per heavy atom. The summed E-state index contributed by atoms with van der Waals surface area (Å²) in [5.41, 5.74) is 0.470. The Morgan fingerprint density at radius 2 is 1.67 bits per heavy atom. The van der Waals surface area contributed by atoms with Crippen LogP contribution in [0.4, 0.5) is 13.6 Å². The van der Waals surface area contributed by atoms with E-state index in [1.54, 1.807) is 29.4 Å². The van der Waals surface area contributed by atoms with E-state index in [0.717, 1.165) is 17.7 Å². The van der Waals surface area contributed by atoms with E-state index in [2.05, 4.69) is 10.3 Å². The number of benzene rings is 1. The minimum atomic E-state index is -1.26. The molecule has 1 aromatic heterocycles. The molecular formula is C24H27F2N3O7. The zero-order valence-electron chi connectivity index (χ0n) is 19.7. The number of aromatic nitrogens is 1. The zero-order chi connectivity index (χ0) is 26.7. The number of pyridine rings is 1. The number of carboxylic acids is 2. The second kappa shape index (κ2) is 13.7. The van der Waals surface area contributed by atoms with Crippen LogP contribution in [0.25, 0.3) is 0 Å². The van der Waals surface area contributed by atoms with Crippen LogP contribution in [0.5, 0.6) is 5.75 Å². The van der Waals surface area contributed by atoms with E-state index < -0.39 is 36.3 Å². The van der Waals surface area contributed by atoms with Crippen LogP contribution in [0.15, 0.2) is 48.8 Å².